The van der Waals surface area contributed by atoms with Gasteiger partial charge in [-0.25, -0.2) is 9.78 Å². The first kappa shape index (κ1) is 18.9. The van der Waals surface area contributed by atoms with Gasteiger partial charge in [-0.3, -0.25) is 4.79 Å². The maximum atomic E-state index is 12.4. The second-order valence-corrected chi connectivity index (χ2v) is 5.78. The smallest absolute Gasteiger partial charge is 0.337 e. The van der Waals surface area contributed by atoms with E-state index in [1.807, 2.05) is 24.3 Å². The number of anilines is 3. The van der Waals surface area contributed by atoms with E-state index in [0.29, 0.717) is 22.7 Å². The van der Waals surface area contributed by atoms with Gasteiger partial charge in [0, 0.05) is 5.69 Å². The molecule has 0 fully saturated rings. The summed E-state index contributed by atoms with van der Waals surface area (Å²) in [6, 6.07) is 17.4. The molecule has 1 amide bonds. The van der Waals surface area contributed by atoms with Gasteiger partial charge < -0.3 is 20.1 Å². The molecule has 3 rings (SSSR count). The average Bonchev–Trinajstić information content (AvgIpc) is 2.74. The molecule has 0 atom stereocenters. The van der Waals surface area contributed by atoms with E-state index in [1.165, 1.54) is 7.11 Å². The van der Waals surface area contributed by atoms with E-state index in [2.05, 4.69) is 20.4 Å². The first-order valence-corrected chi connectivity index (χ1v) is 8.46. The third kappa shape index (κ3) is 4.45. The predicted molar refractivity (Wildman–Crippen MR) is 106 cm³/mol. The summed E-state index contributed by atoms with van der Waals surface area (Å²) in [6.45, 7) is 0. The van der Waals surface area contributed by atoms with Crippen molar-refractivity contribution in [2.75, 3.05) is 24.9 Å². The van der Waals surface area contributed by atoms with Crippen LogP contribution in [0.15, 0.2) is 66.9 Å². The standard InChI is InChI=1S/C21H19N3O4/c1-27-19-9-4-3-8-17(19)23-16-10-11-18(22-13-16)20(25)24-15-7-5-6-14(12-15)21(26)28-2/h3-13,23H,1-2H3,(H,24,25). The highest BCUT2D eigenvalue weighted by Crippen LogP contribution is 2.26. The maximum absolute atomic E-state index is 12.4. The van der Waals surface area contributed by atoms with E-state index in [9.17, 15) is 9.59 Å². The van der Waals surface area contributed by atoms with Crippen LogP contribution in [0.3, 0.4) is 0 Å². The quantitative estimate of drug-likeness (QED) is 0.634. The van der Waals surface area contributed by atoms with Crippen molar-refractivity contribution in [3.05, 3.63) is 78.1 Å². The van der Waals surface area contributed by atoms with E-state index >= 15 is 0 Å². The molecule has 0 saturated carbocycles. The van der Waals surface area contributed by atoms with Gasteiger partial charge in [-0.2, -0.15) is 0 Å². The molecule has 0 saturated heterocycles. The predicted octanol–water partition coefficient (Wildman–Crippen LogP) is 3.87. The molecule has 0 aliphatic rings. The van der Waals surface area contributed by atoms with Gasteiger partial charge in [0.2, 0.25) is 0 Å². The molecule has 2 aromatic carbocycles. The fourth-order valence-corrected chi connectivity index (χ4v) is 2.54. The van der Waals surface area contributed by atoms with Crippen molar-refractivity contribution in [2.45, 2.75) is 0 Å². The number of nitrogens with zero attached hydrogens (tertiary/aromatic N) is 1. The SMILES string of the molecule is COC(=O)c1cccc(NC(=O)c2ccc(Nc3ccccc3OC)cn2)c1. The van der Waals surface area contributed by atoms with Crippen LogP contribution >= 0.6 is 0 Å². The average molecular weight is 377 g/mol. The Morgan fingerprint density at radius 1 is 0.929 bits per heavy atom. The molecule has 3 aromatic rings. The second kappa shape index (κ2) is 8.68. The van der Waals surface area contributed by atoms with Crippen molar-refractivity contribution in [2.24, 2.45) is 0 Å². The van der Waals surface area contributed by atoms with Gasteiger partial charge in [0.1, 0.15) is 11.4 Å². The molecule has 0 radical (unpaired) electrons. The highest BCUT2D eigenvalue weighted by Gasteiger charge is 2.11. The molecular formula is C21H19N3O4. The topological polar surface area (TPSA) is 89.5 Å². The van der Waals surface area contributed by atoms with Crippen LogP contribution in [0, 0.1) is 0 Å². The Labute approximate surface area is 162 Å². The van der Waals surface area contributed by atoms with E-state index in [0.717, 1.165) is 5.69 Å². The summed E-state index contributed by atoms with van der Waals surface area (Å²) in [6.07, 6.45) is 1.56. The number of hydrogen-bond donors (Lipinski definition) is 2. The molecule has 2 N–H and O–H groups in total. The van der Waals surface area contributed by atoms with Crippen molar-refractivity contribution >= 4 is 28.9 Å². The Balaban J connectivity index is 1.69. The van der Waals surface area contributed by atoms with Crippen molar-refractivity contribution in [3.8, 4) is 5.75 Å². The van der Waals surface area contributed by atoms with Gasteiger partial charge in [0.25, 0.3) is 5.91 Å². The van der Waals surface area contributed by atoms with E-state index in [1.54, 1.807) is 49.7 Å². The van der Waals surface area contributed by atoms with Gasteiger partial charge in [-0.1, -0.05) is 18.2 Å². The number of rotatable bonds is 6. The lowest BCUT2D eigenvalue weighted by Crippen LogP contribution is -2.14. The molecule has 0 spiro atoms. The molecule has 1 aromatic heterocycles. The number of carbonyl (C=O) groups excluding carboxylic acids is 2. The zero-order valence-electron chi connectivity index (χ0n) is 15.4. The first-order valence-electron chi connectivity index (χ1n) is 8.46. The number of hydrogen-bond acceptors (Lipinski definition) is 6. The summed E-state index contributed by atoms with van der Waals surface area (Å²) in [5.74, 6) is -0.151. The van der Waals surface area contributed by atoms with Gasteiger partial charge >= 0.3 is 5.97 Å². The highest BCUT2D eigenvalue weighted by atomic mass is 16.5. The van der Waals surface area contributed by atoms with Crippen LogP contribution in [-0.4, -0.2) is 31.1 Å². The van der Waals surface area contributed by atoms with E-state index < -0.39 is 5.97 Å². The molecule has 0 aliphatic heterocycles. The summed E-state index contributed by atoms with van der Waals surface area (Å²) in [4.78, 5) is 28.2. The third-order valence-electron chi connectivity index (χ3n) is 3.92. The van der Waals surface area contributed by atoms with E-state index in [4.69, 9.17) is 4.74 Å². The van der Waals surface area contributed by atoms with Crippen molar-refractivity contribution < 1.29 is 19.1 Å². The molecule has 7 heteroatoms. The minimum absolute atomic E-state index is 0.244. The van der Waals surface area contributed by atoms with Crippen LogP contribution in [0.1, 0.15) is 20.8 Å². The fourth-order valence-electron chi connectivity index (χ4n) is 2.54. The lowest BCUT2D eigenvalue weighted by Gasteiger charge is -2.11. The zero-order valence-corrected chi connectivity index (χ0v) is 15.4. The number of carbonyl (C=O) groups is 2. The number of aromatic nitrogens is 1. The van der Waals surface area contributed by atoms with Crippen LogP contribution in [0.4, 0.5) is 17.1 Å². The Hall–Kier alpha value is -3.87. The van der Waals surface area contributed by atoms with Gasteiger partial charge in [-0.05, 0) is 42.5 Å². The van der Waals surface area contributed by atoms with Gasteiger partial charge in [0.05, 0.1) is 37.4 Å². The lowest BCUT2D eigenvalue weighted by molar-refractivity contribution is 0.0600. The number of nitrogens with one attached hydrogen (secondary N) is 2. The normalized spacial score (nSPS) is 10.1. The molecule has 0 bridgehead atoms. The minimum Gasteiger partial charge on any atom is -0.495 e. The summed E-state index contributed by atoms with van der Waals surface area (Å²) < 4.78 is 9.98. The molecule has 142 valence electrons. The van der Waals surface area contributed by atoms with Crippen LogP contribution in [0.5, 0.6) is 5.75 Å². The van der Waals surface area contributed by atoms with Crippen LogP contribution in [-0.2, 0) is 4.74 Å². The molecular weight excluding hydrogens is 358 g/mol. The van der Waals surface area contributed by atoms with E-state index in [-0.39, 0.29) is 11.6 Å². The molecule has 0 unspecified atom stereocenters. The Kier molecular flexibility index (Phi) is 5.86. The van der Waals surface area contributed by atoms with Gasteiger partial charge in [-0.15, -0.1) is 0 Å². The minimum atomic E-state index is -0.471. The maximum Gasteiger partial charge on any atom is 0.337 e. The number of ether oxygens (including phenoxy) is 2. The summed E-state index contributed by atoms with van der Waals surface area (Å²) in [5.41, 5.74) is 2.59. The van der Waals surface area contributed by atoms with Crippen LogP contribution in [0.25, 0.3) is 0 Å². The summed E-state index contributed by atoms with van der Waals surface area (Å²) in [5, 5.41) is 5.91. The molecule has 1 heterocycles. The Morgan fingerprint density at radius 2 is 1.75 bits per heavy atom. The number of esters is 1. The first-order chi connectivity index (χ1) is 13.6. The van der Waals surface area contributed by atoms with Crippen LogP contribution in [0.2, 0.25) is 0 Å². The number of amides is 1. The molecule has 7 nitrogen and oxygen atoms in total. The summed E-state index contributed by atoms with van der Waals surface area (Å²) in [7, 11) is 2.90. The second-order valence-electron chi connectivity index (χ2n) is 5.78. The van der Waals surface area contributed by atoms with Crippen molar-refractivity contribution in [1.82, 2.24) is 4.98 Å². The third-order valence-corrected chi connectivity index (χ3v) is 3.92. The number of benzene rings is 2. The zero-order chi connectivity index (χ0) is 19.9. The van der Waals surface area contributed by atoms with Crippen molar-refractivity contribution in [3.63, 3.8) is 0 Å². The fraction of sp³-hybridized carbons (Fsp3) is 0.0952. The summed E-state index contributed by atoms with van der Waals surface area (Å²) >= 11 is 0. The number of methoxy groups -OCH3 is 2. The molecule has 0 aliphatic carbocycles. The van der Waals surface area contributed by atoms with Crippen molar-refractivity contribution in [1.29, 1.82) is 0 Å². The Morgan fingerprint density at radius 3 is 2.46 bits per heavy atom. The molecule has 28 heavy (non-hydrogen) atoms. The highest BCUT2D eigenvalue weighted by molar-refractivity contribution is 6.03. The monoisotopic (exact) mass is 377 g/mol. The van der Waals surface area contributed by atoms with Crippen LogP contribution < -0.4 is 15.4 Å². The largest absolute Gasteiger partial charge is 0.495 e. The number of pyridine rings is 1. The Bertz CT molecular complexity index is 987. The number of para-hydroxylation sites is 2. The van der Waals surface area contributed by atoms with Gasteiger partial charge in [0.15, 0.2) is 0 Å². The lowest BCUT2D eigenvalue weighted by atomic mass is 10.2.